The van der Waals surface area contributed by atoms with Crippen molar-refractivity contribution >= 4 is 46.6 Å². The SMILES string of the molecule is COc1cc(Cl)c(C)cc1NC(=O)C(Sc1cccc(NC(=O)CC(C)(C)C)c1)c1ccccc1. The van der Waals surface area contributed by atoms with E-state index in [-0.39, 0.29) is 17.2 Å². The summed E-state index contributed by atoms with van der Waals surface area (Å²) in [6, 6.07) is 20.6. The first-order valence-corrected chi connectivity index (χ1v) is 12.6. The lowest BCUT2D eigenvalue weighted by Crippen LogP contribution is -2.20. The number of hydrogen-bond acceptors (Lipinski definition) is 4. The molecule has 0 saturated heterocycles. The maximum atomic E-state index is 13.5. The van der Waals surface area contributed by atoms with E-state index in [4.69, 9.17) is 16.3 Å². The monoisotopic (exact) mass is 510 g/mol. The summed E-state index contributed by atoms with van der Waals surface area (Å²) in [6.07, 6.45) is 0.418. The Morgan fingerprint density at radius 2 is 1.71 bits per heavy atom. The van der Waals surface area contributed by atoms with Crippen molar-refractivity contribution in [1.82, 2.24) is 0 Å². The van der Waals surface area contributed by atoms with Crippen molar-refractivity contribution in [3.05, 3.63) is 82.9 Å². The number of amides is 2. The summed E-state index contributed by atoms with van der Waals surface area (Å²) in [5.74, 6) is 0.264. The first-order chi connectivity index (χ1) is 16.6. The number of nitrogens with one attached hydrogen (secondary N) is 2. The van der Waals surface area contributed by atoms with Crippen LogP contribution < -0.4 is 15.4 Å². The van der Waals surface area contributed by atoms with Gasteiger partial charge in [0.15, 0.2) is 0 Å². The van der Waals surface area contributed by atoms with E-state index in [9.17, 15) is 9.59 Å². The third-order valence-electron chi connectivity index (χ3n) is 5.14. The number of aryl methyl sites for hydroxylation is 1. The van der Waals surface area contributed by atoms with Gasteiger partial charge in [0.25, 0.3) is 0 Å². The average Bonchev–Trinajstić information content (AvgIpc) is 2.79. The molecular weight excluding hydrogens is 480 g/mol. The van der Waals surface area contributed by atoms with E-state index in [0.29, 0.717) is 28.6 Å². The molecule has 3 aromatic carbocycles. The van der Waals surface area contributed by atoms with Gasteiger partial charge in [-0.25, -0.2) is 0 Å². The van der Waals surface area contributed by atoms with Crippen LogP contribution in [0, 0.1) is 12.3 Å². The maximum Gasteiger partial charge on any atom is 0.242 e. The van der Waals surface area contributed by atoms with Gasteiger partial charge >= 0.3 is 0 Å². The van der Waals surface area contributed by atoms with E-state index in [0.717, 1.165) is 16.0 Å². The quantitative estimate of drug-likeness (QED) is 0.308. The molecule has 0 radical (unpaired) electrons. The molecule has 3 rings (SSSR count). The van der Waals surface area contributed by atoms with Crippen molar-refractivity contribution < 1.29 is 14.3 Å². The minimum atomic E-state index is -0.530. The van der Waals surface area contributed by atoms with Crippen LogP contribution in [0.4, 0.5) is 11.4 Å². The van der Waals surface area contributed by atoms with Crippen LogP contribution in [0.25, 0.3) is 0 Å². The molecule has 0 fully saturated rings. The fraction of sp³-hybridized carbons (Fsp3) is 0.286. The van der Waals surface area contributed by atoms with Crippen LogP contribution in [0.1, 0.15) is 43.6 Å². The topological polar surface area (TPSA) is 67.4 Å². The van der Waals surface area contributed by atoms with Gasteiger partial charge in [-0.05, 0) is 47.7 Å². The highest BCUT2D eigenvalue weighted by molar-refractivity contribution is 8.00. The number of thioether (sulfide) groups is 1. The third kappa shape index (κ3) is 7.77. The van der Waals surface area contributed by atoms with Gasteiger partial charge in [0.1, 0.15) is 11.0 Å². The number of methoxy groups -OCH3 is 1. The number of benzene rings is 3. The van der Waals surface area contributed by atoms with Gasteiger partial charge in [-0.15, -0.1) is 11.8 Å². The van der Waals surface area contributed by atoms with E-state index >= 15 is 0 Å². The van der Waals surface area contributed by atoms with Crippen molar-refractivity contribution in [1.29, 1.82) is 0 Å². The number of ether oxygens (including phenoxy) is 1. The highest BCUT2D eigenvalue weighted by Crippen LogP contribution is 2.39. The Hall–Kier alpha value is -2.96. The van der Waals surface area contributed by atoms with Crippen LogP contribution in [0.2, 0.25) is 5.02 Å². The molecule has 1 atom stereocenters. The molecule has 7 heteroatoms. The Bertz CT molecular complexity index is 1190. The zero-order chi connectivity index (χ0) is 25.6. The van der Waals surface area contributed by atoms with Gasteiger partial charge in [-0.3, -0.25) is 9.59 Å². The number of rotatable bonds is 8. The smallest absolute Gasteiger partial charge is 0.242 e. The van der Waals surface area contributed by atoms with Gasteiger partial charge in [-0.1, -0.05) is 68.8 Å². The van der Waals surface area contributed by atoms with Crippen molar-refractivity contribution in [3.63, 3.8) is 0 Å². The number of carbonyl (C=O) groups excluding carboxylic acids is 2. The molecule has 184 valence electrons. The number of carbonyl (C=O) groups is 2. The second kappa shape index (κ2) is 11.6. The third-order valence-corrected chi connectivity index (χ3v) is 6.80. The molecule has 0 bridgehead atoms. The zero-order valence-corrected chi connectivity index (χ0v) is 22.2. The first-order valence-electron chi connectivity index (χ1n) is 11.3. The summed E-state index contributed by atoms with van der Waals surface area (Å²) >= 11 is 7.64. The minimum absolute atomic E-state index is 0.0396. The summed E-state index contributed by atoms with van der Waals surface area (Å²) < 4.78 is 5.43. The molecule has 2 amide bonds. The molecule has 1 unspecified atom stereocenters. The molecule has 35 heavy (non-hydrogen) atoms. The summed E-state index contributed by atoms with van der Waals surface area (Å²) in [5.41, 5.74) is 2.86. The fourth-order valence-electron chi connectivity index (χ4n) is 3.50. The van der Waals surface area contributed by atoms with Gasteiger partial charge in [0.05, 0.1) is 12.8 Å². The number of anilines is 2. The van der Waals surface area contributed by atoms with Crippen molar-refractivity contribution in [3.8, 4) is 5.75 Å². The van der Waals surface area contributed by atoms with Crippen LogP contribution in [0.3, 0.4) is 0 Å². The molecule has 0 heterocycles. The number of halogens is 1. The van der Waals surface area contributed by atoms with Gasteiger partial charge in [0.2, 0.25) is 11.8 Å². The predicted octanol–water partition coefficient (Wildman–Crippen LogP) is 7.50. The Balaban J connectivity index is 1.85. The summed E-state index contributed by atoms with van der Waals surface area (Å²) in [6.45, 7) is 7.96. The molecule has 0 spiro atoms. The van der Waals surface area contributed by atoms with Crippen LogP contribution >= 0.6 is 23.4 Å². The van der Waals surface area contributed by atoms with E-state index in [1.807, 2.05) is 82.3 Å². The van der Waals surface area contributed by atoms with Gasteiger partial charge in [0, 0.05) is 28.1 Å². The fourth-order valence-corrected chi connectivity index (χ4v) is 4.74. The van der Waals surface area contributed by atoms with E-state index in [1.54, 1.807) is 19.2 Å². The van der Waals surface area contributed by atoms with E-state index < -0.39 is 5.25 Å². The standard InChI is InChI=1S/C28H31ClN2O3S/c1-18-14-23(24(34-5)16-22(18)29)31-27(33)26(19-10-7-6-8-11-19)35-21-13-9-12-20(15-21)30-25(32)17-28(2,3)4/h6-16,26H,17H2,1-5H3,(H,30,32)(H,31,33). The lowest BCUT2D eigenvalue weighted by Gasteiger charge is -2.20. The molecule has 3 aromatic rings. The molecule has 0 aliphatic rings. The molecule has 5 nitrogen and oxygen atoms in total. The van der Waals surface area contributed by atoms with Crippen LogP contribution in [-0.4, -0.2) is 18.9 Å². The summed E-state index contributed by atoms with van der Waals surface area (Å²) in [7, 11) is 1.54. The van der Waals surface area contributed by atoms with Crippen molar-refractivity contribution in [2.45, 2.75) is 44.3 Å². The van der Waals surface area contributed by atoms with Crippen LogP contribution in [-0.2, 0) is 9.59 Å². The normalized spacial score (nSPS) is 12.1. The predicted molar refractivity (Wildman–Crippen MR) is 146 cm³/mol. The van der Waals surface area contributed by atoms with Crippen LogP contribution in [0.5, 0.6) is 5.75 Å². The lowest BCUT2D eigenvalue weighted by molar-refractivity contribution is -0.118. The second-order valence-corrected chi connectivity index (χ2v) is 11.1. The Morgan fingerprint density at radius 3 is 2.37 bits per heavy atom. The highest BCUT2D eigenvalue weighted by atomic mass is 35.5. The largest absolute Gasteiger partial charge is 0.495 e. The Labute approximate surface area is 216 Å². The van der Waals surface area contributed by atoms with E-state index in [2.05, 4.69) is 10.6 Å². The van der Waals surface area contributed by atoms with Crippen molar-refractivity contribution in [2.75, 3.05) is 17.7 Å². The maximum absolute atomic E-state index is 13.5. The minimum Gasteiger partial charge on any atom is -0.495 e. The first kappa shape index (κ1) is 26.6. The summed E-state index contributed by atoms with van der Waals surface area (Å²) in [4.78, 5) is 26.8. The summed E-state index contributed by atoms with van der Waals surface area (Å²) in [5, 5.41) is 6.01. The molecule has 0 aliphatic heterocycles. The Morgan fingerprint density at radius 1 is 1.00 bits per heavy atom. The second-order valence-electron chi connectivity index (χ2n) is 9.51. The number of hydrogen-bond donors (Lipinski definition) is 2. The zero-order valence-electron chi connectivity index (χ0n) is 20.6. The lowest BCUT2D eigenvalue weighted by atomic mass is 9.92. The molecule has 0 saturated carbocycles. The molecular formula is C28H31ClN2O3S. The van der Waals surface area contributed by atoms with Crippen molar-refractivity contribution in [2.24, 2.45) is 5.41 Å². The average molecular weight is 511 g/mol. The molecule has 0 aliphatic carbocycles. The van der Waals surface area contributed by atoms with Gasteiger partial charge in [-0.2, -0.15) is 0 Å². The molecule has 2 N–H and O–H groups in total. The van der Waals surface area contributed by atoms with Crippen LogP contribution in [0.15, 0.2) is 71.6 Å². The molecule has 0 aromatic heterocycles. The van der Waals surface area contributed by atoms with Gasteiger partial charge < -0.3 is 15.4 Å². The Kier molecular flexibility index (Phi) is 8.87. The van der Waals surface area contributed by atoms with E-state index in [1.165, 1.54) is 11.8 Å². The highest BCUT2D eigenvalue weighted by Gasteiger charge is 2.24.